The Morgan fingerprint density at radius 1 is 0.889 bits per heavy atom. The van der Waals surface area contributed by atoms with Crippen LogP contribution in [0.4, 0.5) is 0 Å². The summed E-state index contributed by atoms with van der Waals surface area (Å²) in [5.74, 6) is -3.50. The molecular weight excluding hydrogens is 378 g/mol. The molecule has 0 fully saturated rings. The van der Waals surface area contributed by atoms with Crippen LogP contribution in [0.25, 0.3) is 0 Å². The highest BCUT2D eigenvalue weighted by molar-refractivity contribution is 7.98. The Bertz CT molecular complexity index is 559. The maximum absolute atomic E-state index is 12.4. The summed E-state index contributed by atoms with van der Waals surface area (Å²) in [6.45, 7) is 0. The van der Waals surface area contributed by atoms with Gasteiger partial charge in [0.05, 0.1) is 6.04 Å². The second kappa shape index (κ2) is 12.9. The summed E-state index contributed by atoms with van der Waals surface area (Å²) in [4.78, 5) is 57.5. The van der Waals surface area contributed by atoms with Crippen molar-refractivity contribution in [2.45, 2.75) is 50.2 Å². The van der Waals surface area contributed by atoms with Gasteiger partial charge in [-0.05, 0) is 31.3 Å². The Morgan fingerprint density at radius 2 is 1.41 bits per heavy atom. The van der Waals surface area contributed by atoms with Gasteiger partial charge >= 0.3 is 5.97 Å². The second-order valence-electron chi connectivity index (χ2n) is 5.86. The van der Waals surface area contributed by atoms with Crippen molar-refractivity contribution in [2.24, 2.45) is 17.2 Å². The molecule has 0 aliphatic rings. The molecule has 0 aromatic carbocycles. The molecule has 9 N–H and O–H groups in total. The molecular formula is C15H27N5O6S. The highest BCUT2D eigenvalue weighted by Gasteiger charge is 2.28. The summed E-state index contributed by atoms with van der Waals surface area (Å²) < 4.78 is 0. The maximum Gasteiger partial charge on any atom is 0.326 e. The predicted octanol–water partition coefficient (Wildman–Crippen LogP) is -2.35. The van der Waals surface area contributed by atoms with E-state index in [9.17, 15) is 29.1 Å². The zero-order valence-corrected chi connectivity index (χ0v) is 15.9. The lowest BCUT2D eigenvalue weighted by Crippen LogP contribution is -2.54. The number of hydrogen-bond donors (Lipinski definition) is 6. The van der Waals surface area contributed by atoms with E-state index < -0.39 is 47.7 Å². The maximum atomic E-state index is 12.4. The number of primary amides is 2. The Labute approximate surface area is 161 Å². The monoisotopic (exact) mass is 405 g/mol. The number of carbonyl (C=O) groups excluding carboxylic acids is 4. The molecule has 0 aliphatic heterocycles. The van der Waals surface area contributed by atoms with E-state index in [1.54, 1.807) is 6.26 Å². The first-order valence-electron chi connectivity index (χ1n) is 8.23. The zero-order valence-electron chi connectivity index (χ0n) is 15.1. The first-order valence-corrected chi connectivity index (χ1v) is 9.62. The van der Waals surface area contributed by atoms with Crippen LogP contribution in [0.5, 0.6) is 0 Å². The number of carbonyl (C=O) groups is 5. The third-order valence-electron chi connectivity index (χ3n) is 3.58. The molecule has 0 rings (SSSR count). The average Bonchev–Trinajstić information content (AvgIpc) is 2.58. The molecule has 0 saturated carbocycles. The van der Waals surface area contributed by atoms with Gasteiger partial charge in [-0.3, -0.25) is 19.2 Å². The molecule has 11 nitrogen and oxygen atoms in total. The van der Waals surface area contributed by atoms with Crippen molar-refractivity contribution >= 4 is 41.4 Å². The van der Waals surface area contributed by atoms with Crippen molar-refractivity contribution in [2.75, 3.05) is 12.0 Å². The number of nitrogens with one attached hydrogen (secondary N) is 2. The largest absolute Gasteiger partial charge is 0.480 e. The molecule has 4 amide bonds. The number of amides is 4. The number of aliphatic carboxylic acids is 1. The summed E-state index contributed by atoms with van der Waals surface area (Å²) in [6, 6.07) is -3.42. The van der Waals surface area contributed by atoms with E-state index in [0.717, 1.165) is 0 Å². The molecule has 3 unspecified atom stereocenters. The third-order valence-corrected chi connectivity index (χ3v) is 4.22. The zero-order chi connectivity index (χ0) is 21.0. The summed E-state index contributed by atoms with van der Waals surface area (Å²) >= 11 is 1.42. The van der Waals surface area contributed by atoms with Crippen LogP contribution in [-0.4, -0.2) is 64.8 Å². The predicted molar refractivity (Wildman–Crippen MR) is 99.3 cm³/mol. The van der Waals surface area contributed by atoms with E-state index in [0.29, 0.717) is 5.75 Å². The number of carboxylic acids is 1. The molecule has 0 aromatic rings. The fourth-order valence-corrected chi connectivity index (χ4v) is 2.50. The number of thioether (sulfide) groups is 1. The van der Waals surface area contributed by atoms with E-state index in [1.807, 2.05) is 0 Å². The van der Waals surface area contributed by atoms with Gasteiger partial charge in [-0.2, -0.15) is 11.8 Å². The van der Waals surface area contributed by atoms with Gasteiger partial charge in [-0.25, -0.2) is 4.79 Å². The molecule has 0 aromatic heterocycles. The van der Waals surface area contributed by atoms with Gasteiger partial charge in [0.1, 0.15) is 12.1 Å². The molecule has 0 spiro atoms. The van der Waals surface area contributed by atoms with Crippen molar-refractivity contribution in [1.82, 2.24) is 10.6 Å². The topological polar surface area (TPSA) is 208 Å². The number of carboxylic acid groups (broad SMARTS) is 1. The molecule has 12 heteroatoms. The Kier molecular flexibility index (Phi) is 11.8. The van der Waals surface area contributed by atoms with Gasteiger partial charge in [0, 0.05) is 12.8 Å². The van der Waals surface area contributed by atoms with Crippen LogP contribution in [0.3, 0.4) is 0 Å². The van der Waals surface area contributed by atoms with Gasteiger partial charge in [0.2, 0.25) is 23.6 Å². The van der Waals surface area contributed by atoms with Gasteiger partial charge < -0.3 is 32.9 Å². The van der Waals surface area contributed by atoms with Gasteiger partial charge in [0.25, 0.3) is 0 Å². The van der Waals surface area contributed by atoms with Crippen LogP contribution in [0.2, 0.25) is 0 Å². The quantitative estimate of drug-likeness (QED) is 0.184. The highest BCUT2D eigenvalue weighted by Crippen LogP contribution is 2.05. The SMILES string of the molecule is CSCCC(NC(=O)C(CCC(N)=O)NC(=O)C(N)CCC(N)=O)C(=O)O. The lowest BCUT2D eigenvalue weighted by Gasteiger charge is -2.22. The van der Waals surface area contributed by atoms with Crippen LogP contribution in [0, 0.1) is 0 Å². The van der Waals surface area contributed by atoms with Crippen molar-refractivity contribution in [3.05, 3.63) is 0 Å². The van der Waals surface area contributed by atoms with Crippen LogP contribution < -0.4 is 27.8 Å². The van der Waals surface area contributed by atoms with Gasteiger partial charge in [-0.15, -0.1) is 0 Å². The Morgan fingerprint density at radius 3 is 1.89 bits per heavy atom. The highest BCUT2D eigenvalue weighted by atomic mass is 32.2. The van der Waals surface area contributed by atoms with Crippen LogP contribution in [0.1, 0.15) is 32.1 Å². The Hall–Kier alpha value is -2.34. The molecule has 154 valence electrons. The first kappa shape index (κ1) is 24.7. The van der Waals surface area contributed by atoms with E-state index in [2.05, 4.69) is 10.6 Å². The standard InChI is InChI=1S/C15H27N5O6S/c1-27-7-6-10(15(25)26)20-14(24)9(3-5-12(18)22)19-13(23)8(16)2-4-11(17)21/h8-10H,2-7,16H2,1H3,(H2,17,21)(H2,18,22)(H,19,23)(H,20,24)(H,25,26). The molecule has 27 heavy (non-hydrogen) atoms. The van der Waals surface area contributed by atoms with Crippen molar-refractivity contribution < 1.29 is 29.1 Å². The molecule has 0 heterocycles. The second-order valence-corrected chi connectivity index (χ2v) is 6.84. The lowest BCUT2D eigenvalue weighted by atomic mass is 10.1. The number of nitrogens with two attached hydrogens (primary N) is 3. The van der Waals surface area contributed by atoms with Crippen molar-refractivity contribution in [3.8, 4) is 0 Å². The minimum Gasteiger partial charge on any atom is -0.480 e. The Balaban J connectivity index is 5.01. The minimum absolute atomic E-state index is 0.0171. The smallest absolute Gasteiger partial charge is 0.326 e. The molecule has 3 atom stereocenters. The van der Waals surface area contributed by atoms with E-state index in [4.69, 9.17) is 17.2 Å². The van der Waals surface area contributed by atoms with Gasteiger partial charge in [0.15, 0.2) is 0 Å². The van der Waals surface area contributed by atoms with E-state index in [1.165, 1.54) is 11.8 Å². The van der Waals surface area contributed by atoms with Crippen LogP contribution in [0.15, 0.2) is 0 Å². The lowest BCUT2D eigenvalue weighted by molar-refractivity contribution is -0.142. The summed E-state index contributed by atoms with van der Waals surface area (Å²) in [5, 5.41) is 13.9. The fourth-order valence-electron chi connectivity index (χ4n) is 2.03. The fraction of sp³-hybridized carbons (Fsp3) is 0.667. The van der Waals surface area contributed by atoms with Crippen molar-refractivity contribution in [1.29, 1.82) is 0 Å². The van der Waals surface area contributed by atoms with Crippen LogP contribution >= 0.6 is 11.8 Å². The molecule has 0 saturated heterocycles. The van der Waals surface area contributed by atoms with Crippen molar-refractivity contribution in [3.63, 3.8) is 0 Å². The summed E-state index contributed by atoms with van der Waals surface area (Å²) in [5.41, 5.74) is 15.7. The normalized spacial score (nSPS) is 13.9. The number of rotatable bonds is 14. The summed E-state index contributed by atoms with van der Waals surface area (Å²) in [7, 11) is 0. The van der Waals surface area contributed by atoms with E-state index >= 15 is 0 Å². The average molecular weight is 405 g/mol. The van der Waals surface area contributed by atoms with Crippen LogP contribution in [-0.2, 0) is 24.0 Å². The molecule has 0 aliphatic carbocycles. The minimum atomic E-state index is -1.21. The van der Waals surface area contributed by atoms with Gasteiger partial charge in [-0.1, -0.05) is 0 Å². The van der Waals surface area contributed by atoms with E-state index in [-0.39, 0.29) is 32.1 Å². The molecule has 0 bridgehead atoms. The third kappa shape index (κ3) is 11.1. The molecule has 0 radical (unpaired) electrons. The first-order chi connectivity index (χ1) is 12.6. The summed E-state index contributed by atoms with van der Waals surface area (Å²) in [6.07, 6.45) is 1.54. The number of hydrogen-bond acceptors (Lipinski definition) is 7.